The molecular weight excluding hydrogens is 436 g/mol. The molecule has 0 radical (unpaired) electrons. The molecule has 4 atom stereocenters. The number of carboxylic acids is 1. The molecule has 3 amide bonds. The van der Waals surface area contributed by atoms with E-state index in [2.05, 4.69) is 28.6 Å². The second-order valence-electron chi connectivity index (χ2n) is 7.98. The van der Waals surface area contributed by atoms with Gasteiger partial charge in [-0.3, -0.25) is 14.4 Å². The molecule has 0 aliphatic rings. The Labute approximate surface area is 192 Å². The van der Waals surface area contributed by atoms with Crippen LogP contribution in [0.15, 0.2) is 24.3 Å². The number of benzene rings is 1. The minimum absolute atomic E-state index is 0.0558. The number of rotatable bonds is 12. The molecule has 0 saturated carbocycles. The van der Waals surface area contributed by atoms with Crippen molar-refractivity contribution < 1.29 is 29.4 Å². The number of amides is 3. The van der Waals surface area contributed by atoms with Crippen molar-refractivity contribution in [3.05, 3.63) is 29.8 Å². The summed E-state index contributed by atoms with van der Waals surface area (Å²) < 4.78 is 0. The van der Waals surface area contributed by atoms with Crippen LogP contribution in [0.2, 0.25) is 0 Å². The molecule has 10 nitrogen and oxygen atoms in total. The van der Waals surface area contributed by atoms with Crippen LogP contribution in [0.3, 0.4) is 0 Å². The third-order valence-electron chi connectivity index (χ3n) is 4.62. The van der Waals surface area contributed by atoms with Crippen LogP contribution in [-0.4, -0.2) is 63.8 Å². The van der Waals surface area contributed by atoms with Crippen LogP contribution in [-0.2, 0) is 25.6 Å². The lowest BCUT2D eigenvalue weighted by Crippen LogP contribution is -2.57. The first-order valence-corrected chi connectivity index (χ1v) is 10.9. The molecule has 0 fully saturated rings. The average Bonchev–Trinajstić information content (AvgIpc) is 2.71. The van der Waals surface area contributed by atoms with Crippen molar-refractivity contribution in [2.45, 2.75) is 57.8 Å². The largest absolute Gasteiger partial charge is 0.508 e. The highest BCUT2D eigenvalue weighted by Gasteiger charge is 2.28. The van der Waals surface area contributed by atoms with Gasteiger partial charge >= 0.3 is 5.97 Å². The zero-order chi connectivity index (χ0) is 24.4. The second-order valence-corrected chi connectivity index (χ2v) is 8.35. The second kappa shape index (κ2) is 12.9. The zero-order valence-electron chi connectivity index (χ0n) is 18.4. The number of hydrogen-bond donors (Lipinski definition) is 7. The Balaban J connectivity index is 2.92. The normalized spacial score (nSPS) is 14.7. The van der Waals surface area contributed by atoms with Gasteiger partial charge in [-0.25, -0.2) is 4.79 Å². The van der Waals surface area contributed by atoms with Crippen molar-refractivity contribution in [2.75, 3.05) is 5.75 Å². The molecule has 0 spiro atoms. The van der Waals surface area contributed by atoms with Crippen LogP contribution < -0.4 is 21.7 Å². The van der Waals surface area contributed by atoms with Gasteiger partial charge in [-0.2, -0.15) is 12.6 Å². The van der Waals surface area contributed by atoms with Crippen molar-refractivity contribution in [3.63, 3.8) is 0 Å². The van der Waals surface area contributed by atoms with Crippen LogP contribution in [0, 0.1) is 5.92 Å². The Bertz CT molecular complexity index is 802. The summed E-state index contributed by atoms with van der Waals surface area (Å²) in [7, 11) is 0. The van der Waals surface area contributed by atoms with E-state index < -0.39 is 47.9 Å². The predicted octanol–water partition coefficient (Wildman–Crippen LogP) is -0.203. The van der Waals surface area contributed by atoms with Gasteiger partial charge in [0.1, 0.15) is 23.9 Å². The van der Waals surface area contributed by atoms with E-state index in [-0.39, 0.29) is 23.8 Å². The maximum absolute atomic E-state index is 12.9. The maximum atomic E-state index is 12.9. The van der Waals surface area contributed by atoms with E-state index in [9.17, 15) is 24.3 Å². The van der Waals surface area contributed by atoms with Crippen molar-refractivity contribution >= 4 is 36.3 Å². The van der Waals surface area contributed by atoms with Crippen LogP contribution >= 0.6 is 12.6 Å². The monoisotopic (exact) mass is 468 g/mol. The molecule has 7 N–H and O–H groups in total. The number of phenolic OH excluding ortho intramolecular Hbond substituents is 1. The van der Waals surface area contributed by atoms with Gasteiger partial charge in [-0.15, -0.1) is 0 Å². The third kappa shape index (κ3) is 9.15. The standard InChI is InChI=1S/C21H32N4O6S/c1-11(2)8-15(22)19(28)24-16(9-13-4-6-14(26)7-5-13)20(29)23-12(3)18(27)25-17(10-32)21(30)31/h4-7,11-12,15-17,26,32H,8-10,22H2,1-3H3,(H,23,29)(H,24,28)(H,25,27)(H,30,31). The SMILES string of the molecule is CC(C)CC(N)C(=O)NC(Cc1ccc(O)cc1)C(=O)NC(C)C(=O)NC(CS)C(=O)O. The van der Waals surface area contributed by atoms with Crippen LogP contribution in [0.25, 0.3) is 0 Å². The number of hydrogen-bond acceptors (Lipinski definition) is 7. The highest BCUT2D eigenvalue weighted by atomic mass is 32.1. The summed E-state index contributed by atoms with van der Waals surface area (Å²) in [6, 6.07) is 2.01. The summed E-state index contributed by atoms with van der Waals surface area (Å²) >= 11 is 3.88. The van der Waals surface area contributed by atoms with E-state index >= 15 is 0 Å². The molecule has 0 aliphatic heterocycles. The fourth-order valence-electron chi connectivity index (χ4n) is 2.83. The number of aliphatic carboxylic acids is 1. The number of nitrogens with one attached hydrogen (secondary N) is 3. The molecule has 1 aromatic carbocycles. The number of aromatic hydroxyl groups is 1. The molecule has 0 bridgehead atoms. The van der Waals surface area contributed by atoms with Gasteiger partial charge in [-0.05, 0) is 37.0 Å². The first kappa shape index (κ1) is 27.2. The summed E-state index contributed by atoms with van der Waals surface area (Å²) in [5.74, 6) is -2.97. The van der Waals surface area contributed by atoms with E-state index in [1.54, 1.807) is 12.1 Å². The Kier molecular flexibility index (Phi) is 11.0. The molecule has 178 valence electrons. The van der Waals surface area contributed by atoms with Crippen LogP contribution in [0.5, 0.6) is 5.75 Å². The average molecular weight is 469 g/mol. The Morgan fingerprint density at radius 1 is 0.938 bits per heavy atom. The van der Waals surface area contributed by atoms with E-state index in [1.165, 1.54) is 19.1 Å². The van der Waals surface area contributed by atoms with Crippen molar-refractivity contribution in [1.82, 2.24) is 16.0 Å². The molecule has 0 saturated heterocycles. The van der Waals surface area contributed by atoms with Crippen molar-refractivity contribution in [3.8, 4) is 5.75 Å². The van der Waals surface area contributed by atoms with Gasteiger partial charge in [0.25, 0.3) is 0 Å². The van der Waals surface area contributed by atoms with E-state index in [0.29, 0.717) is 12.0 Å². The number of carbonyl (C=O) groups excluding carboxylic acids is 3. The molecule has 11 heteroatoms. The number of thiol groups is 1. The first-order valence-electron chi connectivity index (χ1n) is 10.2. The summed E-state index contributed by atoms with van der Waals surface area (Å²) in [5.41, 5.74) is 6.59. The van der Waals surface area contributed by atoms with Gasteiger partial charge in [0.15, 0.2) is 0 Å². The quantitative estimate of drug-likeness (QED) is 0.208. The Morgan fingerprint density at radius 3 is 2.00 bits per heavy atom. The molecule has 4 unspecified atom stereocenters. The minimum Gasteiger partial charge on any atom is -0.508 e. The number of carbonyl (C=O) groups is 4. The molecule has 0 aliphatic carbocycles. The van der Waals surface area contributed by atoms with E-state index in [1.807, 2.05) is 13.8 Å². The van der Waals surface area contributed by atoms with E-state index in [4.69, 9.17) is 10.8 Å². The first-order chi connectivity index (χ1) is 14.9. The highest BCUT2D eigenvalue weighted by Crippen LogP contribution is 2.12. The Hall–Kier alpha value is -2.79. The molecule has 1 aromatic rings. The smallest absolute Gasteiger partial charge is 0.327 e. The fourth-order valence-corrected chi connectivity index (χ4v) is 3.08. The molecule has 0 aromatic heterocycles. The maximum Gasteiger partial charge on any atom is 0.327 e. The number of phenols is 1. The molecule has 1 rings (SSSR count). The minimum atomic E-state index is -1.25. The van der Waals surface area contributed by atoms with Crippen molar-refractivity contribution in [2.24, 2.45) is 11.7 Å². The number of nitrogens with two attached hydrogens (primary N) is 1. The summed E-state index contributed by atoms with van der Waals surface area (Å²) in [4.78, 5) is 48.7. The topological polar surface area (TPSA) is 171 Å². The lowest BCUT2D eigenvalue weighted by Gasteiger charge is -2.24. The molecule has 32 heavy (non-hydrogen) atoms. The van der Waals surface area contributed by atoms with Gasteiger partial charge in [0.05, 0.1) is 6.04 Å². The number of carboxylic acid groups (broad SMARTS) is 1. The van der Waals surface area contributed by atoms with Crippen LogP contribution in [0.4, 0.5) is 0 Å². The van der Waals surface area contributed by atoms with Gasteiger partial charge in [-0.1, -0.05) is 26.0 Å². The third-order valence-corrected chi connectivity index (χ3v) is 4.99. The highest BCUT2D eigenvalue weighted by molar-refractivity contribution is 7.80. The lowest BCUT2D eigenvalue weighted by molar-refractivity contribution is -0.141. The Morgan fingerprint density at radius 2 is 1.50 bits per heavy atom. The predicted molar refractivity (Wildman–Crippen MR) is 122 cm³/mol. The summed E-state index contributed by atoms with van der Waals surface area (Å²) in [6.45, 7) is 5.24. The van der Waals surface area contributed by atoms with Crippen LogP contribution in [0.1, 0.15) is 32.8 Å². The fraction of sp³-hybridized carbons (Fsp3) is 0.524. The van der Waals surface area contributed by atoms with Gasteiger partial charge in [0.2, 0.25) is 17.7 Å². The van der Waals surface area contributed by atoms with Crippen molar-refractivity contribution in [1.29, 1.82) is 0 Å². The van der Waals surface area contributed by atoms with Gasteiger partial charge < -0.3 is 31.9 Å². The lowest BCUT2D eigenvalue weighted by atomic mass is 10.0. The summed E-state index contributed by atoms with van der Waals surface area (Å²) in [5, 5.41) is 25.9. The molecular formula is C21H32N4O6S. The zero-order valence-corrected chi connectivity index (χ0v) is 19.3. The molecule has 0 heterocycles. The summed E-state index contributed by atoms with van der Waals surface area (Å²) in [6.07, 6.45) is 0.521. The van der Waals surface area contributed by atoms with Gasteiger partial charge in [0, 0.05) is 12.2 Å². The van der Waals surface area contributed by atoms with E-state index in [0.717, 1.165) is 0 Å².